The zero-order valence-corrected chi connectivity index (χ0v) is 10.4. The highest BCUT2D eigenvalue weighted by Gasteiger charge is 1.99. The highest BCUT2D eigenvalue weighted by molar-refractivity contribution is 8.00. The van der Waals surface area contributed by atoms with Gasteiger partial charge in [0.05, 0.1) is 9.21 Å². The van der Waals surface area contributed by atoms with Gasteiger partial charge in [0.1, 0.15) is 0 Å². The van der Waals surface area contributed by atoms with Crippen LogP contribution in [0.2, 0.25) is 0 Å². The largest absolute Gasteiger partial charge is 0.347 e. The first-order valence-corrected chi connectivity index (χ1v) is 6.83. The molecule has 0 atom stereocenters. The SMILES string of the molecule is CSc1cc(=O)cc(Nc2ccccc2)s1. The summed E-state index contributed by atoms with van der Waals surface area (Å²) in [6.07, 6.45) is 1.97. The minimum absolute atomic E-state index is 0.0431. The van der Waals surface area contributed by atoms with E-state index >= 15 is 0 Å². The fourth-order valence-electron chi connectivity index (χ4n) is 1.28. The number of para-hydroxylation sites is 1. The molecule has 0 aliphatic carbocycles. The lowest BCUT2D eigenvalue weighted by atomic mass is 10.3. The molecule has 4 heteroatoms. The lowest BCUT2D eigenvalue weighted by molar-refractivity contribution is 1.52. The molecule has 0 bridgehead atoms. The van der Waals surface area contributed by atoms with E-state index in [1.54, 1.807) is 35.2 Å². The van der Waals surface area contributed by atoms with Crippen molar-refractivity contribution in [1.29, 1.82) is 0 Å². The van der Waals surface area contributed by atoms with Crippen LogP contribution in [0.15, 0.2) is 51.5 Å². The van der Waals surface area contributed by atoms with Gasteiger partial charge in [0.15, 0.2) is 5.43 Å². The predicted octanol–water partition coefficient (Wildman–Crippen LogP) is 3.57. The van der Waals surface area contributed by atoms with Crippen molar-refractivity contribution < 1.29 is 0 Å². The Morgan fingerprint density at radius 2 is 1.94 bits per heavy atom. The van der Waals surface area contributed by atoms with Gasteiger partial charge in [-0.3, -0.25) is 4.79 Å². The summed E-state index contributed by atoms with van der Waals surface area (Å²) in [5.74, 6) is 0. The summed E-state index contributed by atoms with van der Waals surface area (Å²) in [4.78, 5) is 11.4. The Labute approximate surface area is 102 Å². The Hall–Kier alpha value is -1.26. The van der Waals surface area contributed by atoms with E-state index in [2.05, 4.69) is 5.32 Å². The van der Waals surface area contributed by atoms with Crippen molar-refractivity contribution in [3.8, 4) is 0 Å². The zero-order chi connectivity index (χ0) is 11.4. The monoisotopic (exact) mass is 249 g/mol. The van der Waals surface area contributed by atoms with Crippen LogP contribution < -0.4 is 10.7 Å². The van der Waals surface area contributed by atoms with Crippen LogP contribution in [-0.4, -0.2) is 6.26 Å². The van der Waals surface area contributed by atoms with Gasteiger partial charge < -0.3 is 5.32 Å². The zero-order valence-electron chi connectivity index (χ0n) is 8.77. The standard InChI is InChI=1S/C12H11NOS2/c1-15-12-8-10(14)7-11(16-12)13-9-5-3-2-4-6-9/h2-8,13H,1H3. The van der Waals surface area contributed by atoms with E-state index < -0.39 is 0 Å². The number of rotatable bonds is 3. The molecule has 1 aromatic carbocycles. The number of thioether (sulfide) groups is 1. The maximum atomic E-state index is 11.4. The van der Waals surface area contributed by atoms with Crippen molar-refractivity contribution in [3.63, 3.8) is 0 Å². The van der Waals surface area contributed by atoms with Crippen LogP contribution in [0.4, 0.5) is 10.7 Å². The van der Waals surface area contributed by atoms with Gasteiger partial charge in [0, 0.05) is 17.8 Å². The molecule has 1 heterocycles. The van der Waals surface area contributed by atoms with Gasteiger partial charge in [0.25, 0.3) is 0 Å². The Balaban J connectivity index is 2.28. The summed E-state index contributed by atoms with van der Waals surface area (Å²) in [7, 11) is 0. The van der Waals surface area contributed by atoms with Gasteiger partial charge in [-0.2, -0.15) is 0 Å². The first-order chi connectivity index (χ1) is 7.78. The molecule has 16 heavy (non-hydrogen) atoms. The molecular formula is C12H11NOS2. The molecule has 0 amide bonds. The van der Waals surface area contributed by atoms with E-state index in [1.807, 2.05) is 36.6 Å². The number of benzene rings is 1. The Morgan fingerprint density at radius 3 is 2.62 bits per heavy atom. The lowest BCUT2D eigenvalue weighted by Gasteiger charge is -2.05. The average molecular weight is 249 g/mol. The molecule has 1 N–H and O–H groups in total. The fourth-order valence-corrected chi connectivity index (χ4v) is 2.85. The average Bonchev–Trinajstić information content (AvgIpc) is 2.29. The van der Waals surface area contributed by atoms with Crippen LogP contribution in [-0.2, 0) is 0 Å². The fraction of sp³-hybridized carbons (Fsp3) is 0.0833. The maximum absolute atomic E-state index is 11.4. The van der Waals surface area contributed by atoms with E-state index in [9.17, 15) is 4.79 Å². The Kier molecular flexibility index (Phi) is 3.64. The minimum Gasteiger partial charge on any atom is -0.347 e. The molecule has 0 spiro atoms. The Morgan fingerprint density at radius 1 is 1.19 bits per heavy atom. The topological polar surface area (TPSA) is 29.1 Å². The van der Waals surface area contributed by atoms with E-state index in [-0.39, 0.29) is 5.43 Å². The van der Waals surface area contributed by atoms with Crippen LogP contribution in [0.5, 0.6) is 0 Å². The summed E-state index contributed by atoms with van der Waals surface area (Å²) < 4.78 is 1.02. The minimum atomic E-state index is 0.0431. The molecule has 0 unspecified atom stereocenters. The molecule has 0 radical (unpaired) electrons. The smallest absolute Gasteiger partial charge is 0.183 e. The second-order valence-corrected chi connectivity index (χ2v) is 5.36. The Bertz CT molecular complexity index is 522. The molecule has 2 nitrogen and oxygen atoms in total. The van der Waals surface area contributed by atoms with Crippen LogP contribution in [0, 0.1) is 0 Å². The van der Waals surface area contributed by atoms with Gasteiger partial charge in [-0.15, -0.1) is 23.1 Å². The molecule has 0 fully saturated rings. The number of nitrogens with one attached hydrogen (secondary N) is 1. The maximum Gasteiger partial charge on any atom is 0.183 e. The van der Waals surface area contributed by atoms with Crippen molar-refractivity contribution in [1.82, 2.24) is 0 Å². The summed E-state index contributed by atoms with van der Waals surface area (Å²) in [5.41, 5.74) is 1.04. The predicted molar refractivity (Wildman–Crippen MR) is 72.1 cm³/mol. The molecule has 2 rings (SSSR count). The summed E-state index contributed by atoms with van der Waals surface area (Å²) in [5, 5.41) is 4.10. The van der Waals surface area contributed by atoms with E-state index in [1.165, 1.54) is 0 Å². The van der Waals surface area contributed by atoms with E-state index in [4.69, 9.17) is 0 Å². The first kappa shape index (κ1) is 11.2. The quantitative estimate of drug-likeness (QED) is 0.843. The third kappa shape index (κ3) is 2.87. The normalized spacial score (nSPS) is 10.1. The molecular weight excluding hydrogens is 238 g/mol. The summed E-state index contributed by atoms with van der Waals surface area (Å²) >= 11 is 3.17. The van der Waals surface area contributed by atoms with Crippen molar-refractivity contribution in [2.75, 3.05) is 11.6 Å². The second kappa shape index (κ2) is 5.18. The van der Waals surface area contributed by atoms with Crippen molar-refractivity contribution >= 4 is 33.8 Å². The third-order valence-corrected chi connectivity index (χ3v) is 4.02. The highest BCUT2D eigenvalue weighted by Crippen LogP contribution is 2.26. The van der Waals surface area contributed by atoms with Gasteiger partial charge in [-0.25, -0.2) is 0 Å². The number of hydrogen-bond acceptors (Lipinski definition) is 4. The van der Waals surface area contributed by atoms with Crippen LogP contribution >= 0.6 is 23.1 Å². The van der Waals surface area contributed by atoms with Gasteiger partial charge >= 0.3 is 0 Å². The van der Waals surface area contributed by atoms with Crippen molar-refractivity contribution in [2.45, 2.75) is 4.21 Å². The summed E-state index contributed by atoms with van der Waals surface area (Å²) in [6, 6.07) is 13.1. The molecule has 2 aromatic rings. The molecule has 0 aliphatic heterocycles. The highest BCUT2D eigenvalue weighted by atomic mass is 32.2. The molecule has 0 saturated heterocycles. The lowest BCUT2D eigenvalue weighted by Crippen LogP contribution is -1.98. The van der Waals surface area contributed by atoms with Gasteiger partial charge in [-0.05, 0) is 18.4 Å². The van der Waals surface area contributed by atoms with Crippen LogP contribution in [0.1, 0.15) is 0 Å². The molecule has 0 saturated carbocycles. The third-order valence-electron chi connectivity index (χ3n) is 1.99. The molecule has 1 aromatic heterocycles. The molecule has 82 valence electrons. The van der Waals surface area contributed by atoms with Gasteiger partial charge in [0.2, 0.25) is 0 Å². The van der Waals surface area contributed by atoms with Crippen LogP contribution in [0.25, 0.3) is 0 Å². The summed E-state index contributed by atoms with van der Waals surface area (Å²) in [6.45, 7) is 0. The van der Waals surface area contributed by atoms with Crippen molar-refractivity contribution in [3.05, 3.63) is 52.7 Å². The van der Waals surface area contributed by atoms with Crippen molar-refractivity contribution in [2.24, 2.45) is 0 Å². The van der Waals surface area contributed by atoms with E-state index in [0.29, 0.717) is 0 Å². The molecule has 0 aliphatic rings. The van der Waals surface area contributed by atoms with E-state index in [0.717, 1.165) is 14.9 Å². The van der Waals surface area contributed by atoms with Crippen LogP contribution in [0.3, 0.4) is 0 Å². The van der Waals surface area contributed by atoms with Gasteiger partial charge in [-0.1, -0.05) is 18.2 Å². The number of hydrogen-bond donors (Lipinski definition) is 1. The number of anilines is 2. The first-order valence-electron chi connectivity index (χ1n) is 4.79. The second-order valence-electron chi connectivity index (χ2n) is 3.17.